The topological polar surface area (TPSA) is 32.9 Å². The van der Waals surface area contributed by atoms with Crippen molar-refractivity contribution in [1.82, 2.24) is 4.98 Å². The lowest BCUT2D eigenvalue weighted by Gasteiger charge is -1.87. The Morgan fingerprint density at radius 1 is 1.67 bits per heavy atom. The maximum atomic E-state index is 10.7. The Bertz CT molecular complexity index is 270. The van der Waals surface area contributed by atoms with Crippen molar-refractivity contribution in [2.75, 3.05) is 0 Å². The number of halogens is 2. The molecular formula is C5H3ClINO. The van der Waals surface area contributed by atoms with Crippen molar-refractivity contribution in [3.05, 3.63) is 31.2 Å². The smallest absolute Gasteiger partial charge is 0.196 e. The molecule has 0 aromatic carbocycles. The second-order valence-electron chi connectivity index (χ2n) is 1.49. The number of H-pyrrole nitrogens is 1. The van der Waals surface area contributed by atoms with Crippen molar-refractivity contribution in [2.24, 2.45) is 0 Å². The van der Waals surface area contributed by atoms with Gasteiger partial charge in [-0.1, -0.05) is 11.6 Å². The van der Waals surface area contributed by atoms with Gasteiger partial charge < -0.3 is 4.98 Å². The molecule has 9 heavy (non-hydrogen) atoms. The summed E-state index contributed by atoms with van der Waals surface area (Å²) >= 11 is 7.40. The third-order valence-corrected chi connectivity index (χ3v) is 1.89. The summed E-state index contributed by atoms with van der Waals surface area (Å²) in [7, 11) is 0. The van der Waals surface area contributed by atoms with E-state index in [-0.39, 0.29) is 5.43 Å². The van der Waals surface area contributed by atoms with Crippen molar-refractivity contribution in [3.63, 3.8) is 0 Å². The standard InChI is InChI=1S/C5H3ClINO/c6-5-1-4(9)3(7)2-8-5/h1-2H,(H,8,9). The van der Waals surface area contributed by atoms with Crippen molar-refractivity contribution >= 4 is 34.2 Å². The number of rotatable bonds is 0. The van der Waals surface area contributed by atoms with Crippen LogP contribution in [0, 0.1) is 3.57 Å². The molecule has 0 unspecified atom stereocenters. The van der Waals surface area contributed by atoms with Crippen LogP contribution in [0.25, 0.3) is 0 Å². The summed E-state index contributed by atoms with van der Waals surface area (Å²) in [6, 6.07) is 1.35. The summed E-state index contributed by atoms with van der Waals surface area (Å²) in [6.45, 7) is 0. The first-order valence-corrected chi connectivity index (χ1v) is 3.69. The zero-order chi connectivity index (χ0) is 6.85. The Morgan fingerprint density at radius 2 is 2.33 bits per heavy atom. The minimum absolute atomic E-state index is 0.0423. The molecule has 1 aromatic rings. The van der Waals surface area contributed by atoms with Crippen LogP contribution in [0.2, 0.25) is 5.15 Å². The molecule has 0 aliphatic rings. The minimum atomic E-state index is -0.0423. The molecule has 0 spiro atoms. The van der Waals surface area contributed by atoms with Crippen LogP contribution in [0.15, 0.2) is 17.1 Å². The van der Waals surface area contributed by atoms with Gasteiger partial charge in [-0.15, -0.1) is 0 Å². The molecule has 1 heterocycles. The summed E-state index contributed by atoms with van der Waals surface area (Å²) in [4.78, 5) is 13.4. The van der Waals surface area contributed by atoms with Crippen LogP contribution in [-0.4, -0.2) is 4.98 Å². The van der Waals surface area contributed by atoms with Crippen LogP contribution in [0.5, 0.6) is 0 Å². The molecule has 1 N–H and O–H groups in total. The van der Waals surface area contributed by atoms with Crippen LogP contribution in [0.4, 0.5) is 0 Å². The van der Waals surface area contributed by atoms with Crippen molar-refractivity contribution in [2.45, 2.75) is 0 Å². The number of hydrogen-bond donors (Lipinski definition) is 1. The fourth-order valence-corrected chi connectivity index (χ4v) is 0.894. The summed E-state index contributed by atoms with van der Waals surface area (Å²) in [6.07, 6.45) is 1.57. The van der Waals surface area contributed by atoms with Crippen LogP contribution < -0.4 is 5.43 Å². The van der Waals surface area contributed by atoms with E-state index in [1.165, 1.54) is 6.07 Å². The van der Waals surface area contributed by atoms with Crippen molar-refractivity contribution in [1.29, 1.82) is 0 Å². The number of pyridine rings is 1. The highest BCUT2D eigenvalue weighted by molar-refractivity contribution is 14.1. The van der Waals surface area contributed by atoms with Gasteiger partial charge in [-0.3, -0.25) is 4.79 Å². The normalized spacial score (nSPS) is 9.56. The summed E-state index contributed by atoms with van der Waals surface area (Å²) in [5, 5.41) is 0.375. The quantitative estimate of drug-likeness (QED) is 0.555. The van der Waals surface area contributed by atoms with Gasteiger partial charge in [-0.05, 0) is 22.6 Å². The van der Waals surface area contributed by atoms with Gasteiger partial charge in [0.05, 0.1) is 3.57 Å². The van der Waals surface area contributed by atoms with E-state index in [2.05, 4.69) is 4.98 Å². The molecular weight excluding hydrogens is 252 g/mol. The second-order valence-corrected chi connectivity index (χ2v) is 3.06. The van der Waals surface area contributed by atoms with Gasteiger partial charge in [0.1, 0.15) is 5.15 Å². The molecule has 0 saturated carbocycles. The molecule has 0 radical (unpaired) electrons. The van der Waals surface area contributed by atoms with Gasteiger partial charge in [-0.2, -0.15) is 0 Å². The van der Waals surface area contributed by atoms with Crippen molar-refractivity contribution in [3.8, 4) is 0 Å². The molecule has 0 saturated heterocycles. The third-order valence-electron chi connectivity index (χ3n) is 0.830. The SMILES string of the molecule is O=c1cc(Cl)[nH]cc1I. The maximum absolute atomic E-state index is 10.7. The highest BCUT2D eigenvalue weighted by atomic mass is 127. The molecule has 2 nitrogen and oxygen atoms in total. The summed E-state index contributed by atoms with van der Waals surface area (Å²) in [5.74, 6) is 0. The average Bonchev–Trinajstić information content (AvgIpc) is 1.80. The molecule has 0 amide bonds. The van der Waals surface area contributed by atoms with Gasteiger partial charge in [0.25, 0.3) is 0 Å². The predicted octanol–water partition coefficient (Wildman–Crippen LogP) is 1.63. The van der Waals surface area contributed by atoms with Gasteiger partial charge in [0.15, 0.2) is 5.43 Å². The lowest BCUT2D eigenvalue weighted by atomic mass is 10.5. The monoisotopic (exact) mass is 255 g/mol. The minimum Gasteiger partial charge on any atom is -0.351 e. The van der Waals surface area contributed by atoms with E-state index in [1.54, 1.807) is 6.20 Å². The van der Waals surface area contributed by atoms with E-state index >= 15 is 0 Å². The van der Waals surface area contributed by atoms with Gasteiger partial charge in [0, 0.05) is 12.3 Å². The first-order valence-electron chi connectivity index (χ1n) is 2.24. The molecule has 0 atom stereocenters. The molecule has 0 aliphatic carbocycles. The number of aromatic amines is 1. The van der Waals surface area contributed by atoms with Gasteiger partial charge >= 0.3 is 0 Å². The highest BCUT2D eigenvalue weighted by Crippen LogP contribution is 2.00. The Hall–Kier alpha value is -0.0300. The largest absolute Gasteiger partial charge is 0.351 e. The molecule has 0 fully saturated rings. The highest BCUT2D eigenvalue weighted by Gasteiger charge is 1.92. The molecule has 1 rings (SSSR count). The van der Waals surface area contributed by atoms with E-state index < -0.39 is 0 Å². The van der Waals surface area contributed by atoms with Crippen LogP contribution in [-0.2, 0) is 0 Å². The summed E-state index contributed by atoms with van der Waals surface area (Å²) in [5.41, 5.74) is -0.0423. The maximum Gasteiger partial charge on any atom is 0.196 e. The lowest BCUT2D eigenvalue weighted by molar-refractivity contribution is 1.28. The lowest BCUT2D eigenvalue weighted by Crippen LogP contribution is -2.02. The molecule has 4 heteroatoms. The molecule has 0 bridgehead atoms. The number of hydrogen-bond acceptors (Lipinski definition) is 1. The zero-order valence-electron chi connectivity index (χ0n) is 4.32. The fourth-order valence-electron chi connectivity index (χ4n) is 0.429. The van der Waals surface area contributed by atoms with Crippen molar-refractivity contribution < 1.29 is 0 Å². The molecule has 1 aromatic heterocycles. The number of aromatic nitrogens is 1. The first kappa shape index (κ1) is 7.08. The predicted molar refractivity (Wildman–Crippen MR) is 44.8 cm³/mol. The summed E-state index contributed by atoms with van der Waals surface area (Å²) < 4.78 is 0.650. The Labute approximate surface area is 70.4 Å². The van der Waals surface area contributed by atoms with E-state index in [9.17, 15) is 4.79 Å². The van der Waals surface area contributed by atoms with E-state index in [1.807, 2.05) is 22.6 Å². The Balaban J connectivity index is 3.34. The second kappa shape index (κ2) is 2.70. The third kappa shape index (κ3) is 1.69. The molecule has 48 valence electrons. The Kier molecular flexibility index (Phi) is 2.13. The molecule has 0 aliphatic heterocycles. The van der Waals surface area contributed by atoms with Crippen LogP contribution in [0.3, 0.4) is 0 Å². The van der Waals surface area contributed by atoms with Gasteiger partial charge in [0.2, 0.25) is 0 Å². The van der Waals surface area contributed by atoms with E-state index in [0.29, 0.717) is 8.72 Å². The van der Waals surface area contributed by atoms with Crippen LogP contribution in [0.1, 0.15) is 0 Å². The first-order chi connectivity index (χ1) is 4.20. The fraction of sp³-hybridized carbons (Fsp3) is 0. The zero-order valence-corrected chi connectivity index (χ0v) is 7.23. The number of nitrogens with one attached hydrogen (secondary N) is 1. The Morgan fingerprint density at radius 3 is 2.78 bits per heavy atom. The average molecular weight is 255 g/mol. The van der Waals surface area contributed by atoms with E-state index in [4.69, 9.17) is 11.6 Å². The van der Waals surface area contributed by atoms with Gasteiger partial charge in [-0.25, -0.2) is 0 Å². The van der Waals surface area contributed by atoms with E-state index in [0.717, 1.165) is 0 Å². The van der Waals surface area contributed by atoms with Crippen LogP contribution >= 0.6 is 34.2 Å².